The van der Waals surface area contributed by atoms with Gasteiger partial charge in [-0.15, -0.1) is 0 Å². The van der Waals surface area contributed by atoms with Crippen molar-refractivity contribution in [3.05, 3.63) is 61.6 Å². The van der Waals surface area contributed by atoms with Gasteiger partial charge in [0.15, 0.2) is 0 Å². The summed E-state index contributed by atoms with van der Waals surface area (Å²) < 4.78 is 26.7. The van der Waals surface area contributed by atoms with E-state index in [0.29, 0.717) is 0 Å². The predicted molar refractivity (Wildman–Crippen MR) is 85.4 cm³/mol. The fourth-order valence-corrected chi connectivity index (χ4v) is 3.58. The van der Waals surface area contributed by atoms with Crippen LogP contribution in [0.5, 0.6) is 0 Å². The lowest BCUT2D eigenvalue weighted by Gasteiger charge is -2.09. The zero-order chi connectivity index (χ0) is 16.5. The Morgan fingerprint density at radius 3 is 2.14 bits per heavy atom. The van der Waals surface area contributed by atoms with Gasteiger partial charge in [-0.05, 0) is 30.3 Å². The topological polar surface area (TPSA) is 89.3 Å². The smallest absolute Gasteiger partial charge is 0.279 e. The first-order valence-corrected chi connectivity index (χ1v) is 8.23. The number of hydrogen-bond donors (Lipinski definition) is 1. The molecule has 6 nitrogen and oxygen atoms in total. The van der Waals surface area contributed by atoms with Crippen LogP contribution in [0.3, 0.4) is 0 Å². The van der Waals surface area contributed by atoms with E-state index in [1.165, 1.54) is 30.3 Å². The molecule has 0 aromatic heterocycles. The van der Waals surface area contributed by atoms with Crippen molar-refractivity contribution in [1.82, 2.24) is 0 Å². The summed E-state index contributed by atoms with van der Waals surface area (Å²) in [5.41, 5.74) is -0.418. The molecule has 0 aliphatic rings. The van der Waals surface area contributed by atoms with Crippen molar-refractivity contribution in [3.8, 4) is 0 Å². The molecule has 2 aromatic rings. The van der Waals surface area contributed by atoms with Crippen LogP contribution in [0.2, 0.25) is 15.1 Å². The molecule has 0 unspecified atom stereocenters. The number of anilines is 1. The van der Waals surface area contributed by atoms with Gasteiger partial charge < -0.3 is 0 Å². The van der Waals surface area contributed by atoms with Crippen LogP contribution in [0.25, 0.3) is 0 Å². The zero-order valence-electron chi connectivity index (χ0n) is 10.6. The second-order valence-electron chi connectivity index (χ2n) is 4.13. The summed E-state index contributed by atoms with van der Waals surface area (Å²) in [6.07, 6.45) is 0. The van der Waals surface area contributed by atoms with E-state index in [4.69, 9.17) is 34.8 Å². The van der Waals surface area contributed by atoms with Gasteiger partial charge in [0.05, 0.1) is 15.5 Å². The van der Waals surface area contributed by atoms with E-state index in [-0.39, 0.29) is 25.7 Å². The van der Waals surface area contributed by atoms with Crippen LogP contribution in [-0.2, 0) is 10.0 Å². The molecule has 0 radical (unpaired) electrons. The van der Waals surface area contributed by atoms with Gasteiger partial charge in [0.1, 0.15) is 5.02 Å². The second kappa shape index (κ2) is 6.29. The van der Waals surface area contributed by atoms with Gasteiger partial charge in [-0.1, -0.05) is 34.8 Å². The molecule has 0 aliphatic carbocycles. The number of halogens is 3. The average molecular weight is 382 g/mol. The van der Waals surface area contributed by atoms with Crippen molar-refractivity contribution < 1.29 is 13.3 Å². The van der Waals surface area contributed by atoms with Crippen molar-refractivity contribution in [2.75, 3.05) is 4.72 Å². The first-order valence-electron chi connectivity index (χ1n) is 5.62. The van der Waals surface area contributed by atoms with E-state index in [1.54, 1.807) is 0 Å². The van der Waals surface area contributed by atoms with Crippen LogP contribution >= 0.6 is 34.8 Å². The minimum absolute atomic E-state index is 0.00722. The SMILES string of the molecule is O=[N+]([O-])c1cc(NS(=O)(=O)c2cc(Cl)cc(Cl)c2)ccc1Cl. The van der Waals surface area contributed by atoms with Gasteiger partial charge >= 0.3 is 0 Å². The monoisotopic (exact) mass is 380 g/mol. The van der Waals surface area contributed by atoms with Crippen LogP contribution in [0, 0.1) is 10.1 Å². The van der Waals surface area contributed by atoms with Gasteiger partial charge in [-0.2, -0.15) is 0 Å². The largest absolute Gasteiger partial charge is 0.289 e. The molecule has 0 fully saturated rings. The standard InChI is InChI=1S/C12H7Cl3N2O4S/c13-7-3-8(14)5-10(4-7)22(20,21)16-9-1-2-11(15)12(6-9)17(18)19/h1-6,16H. The van der Waals surface area contributed by atoms with Gasteiger partial charge in [-0.3, -0.25) is 14.8 Å². The first-order chi connectivity index (χ1) is 10.2. The minimum Gasteiger partial charge on any atom is -0.279 e. The molecule has 0 heterocycles. The van der Waals surface area contributed by atoms with Crippen LogP contribution in [0.4, 0.5) is 11.4 Å². The van der Waals surface area contributed by atoms with Crippen LogP contribution in [0.1, 0.15) is 0 Å². The maximum Gasteiger partial charge on any atom is 0.289 e. The number of sulfonamides is 1. The Kier molecular flexibility index (Phi) is 4.81. The summed E-state index contributed by atoms with van der Waals surface area (Å²) in [6.45, 7) is 0. The Hall–Kier alpha value is -1.54. The summed E-state index contributed by atoms with van der Waals surface area (Å²) in [4.78, 5) is 9.93. The lowest BCUT2D eigenvalue weighted by Crippen LogP contribution is -2.13. The Bertz CT molecular complexity index is 835. The number of nitrogens with zero attached hydrogens (tertiary/aromatic N) is 1. The summed E-state index contributed by atoms with van der Waals surface area (Å²) >= 11 is 17.2. The second-order valence-corrected chi connectivity index (χ2v) is 7.10. The third kappa shape index (κ3) is 3.80. The van der Waals surface area contributed by atoms with Gasteiger partial charge in [0.25, 0.3) is 15.7 Å². The van der Waals surface area contributed by atoms with E-state index in [0.717, 1.165) is 6.07 Å². The summed E-state index contributed by atoms with van der Waals surface area (Å²) in [6, 6.07) is 7.35. The number of hydrogen-bond acceptors (Lipinski definition) is 4. The average Bonchev–Trinajstić information content (AvgIpc) is 2.39. The number of benzene rings is 2. The highest BCUT2D eigenvalue weighted by Gasteiger charge is 2.19. The molecule has 0 amide bonds. The minimum atomic E-state index is -4.00. The molecule has 1 N–H and O–H groups in total. The van der Waals surface area contributed by atoms with Crippen molar-refractivity contribution in [2.45, 2.75) is 4.90 Å². The highest BCUT2D eigenvalue weighted by Crippen LogP contribution is 2.29. The third-order valence-electron chi connectivity index (χ3n) is 2.54. The predicted octanol–water partition coefficient (Wildman–Crippen LogP) is 4.36. The molecule has 2 aromatic carbocycles. The molecular weight excluding hydrogens is 375 g/mol. The van der Waals surface area contributed by atoms with Crippen LogP contribution in [0.15, 0.2) is 41.3 Å². The number of nitro groups is 1. The summed E-state index contributed by atoms with van der Waals surface area (Å²) in [5.74, 6) is 0. The maximum absolute atomic E-state index is 12.2. The molecule has 0 saturated carbocycles. The number of nitrogens with one attached hydrogen (secondary N) is 1. The quantitative estimate of drug-likeness (QED) is 0.629. The maximum atomic E-state index is 12.2. The Morgan fingerprint density at radius 2 is 1.59 bits per heavy atom. The molecule has 0 bridgehead atoms. The summed E-state index contributed by atoms with van der Waals surface area (Å²) in [5, 5.41) is 11.0. The Balaban J connectivity index is 2.41. The fourth-order valence-electron chi connectivity index (χ4n) is 1.61. The highest BCUT2D eigenvalue weighted by molar-refractivity contribution is 7.92. The molecule has 2 rings (SSSR count). The first kappa shape index (κ1) is 16.8. The van der Waals surface area contributed by atoms with Gasteiger partial charge in [0, 0.05) is 16.1 Å². The molecule has 0 atom stereocenters. The Labute approximate surface area is 140 Å². The highest BCUT2D eigenvalue weighted by atomic mass is 35.5. The zero-order valence-corrected chi connectivity index (χ0v) is 13.7. The fraction of sp³-hybridized carbons (Fsp3) is 0. The third-order valence-corrected chi connectivity index (χ3v) is 4.66. The van der Waals surface area contributed by atoms with E-state index >= 15 is 0 Å². The molecule has 10 heteroatoms. The van der Waals surface area contributed by atoms with Crippen molar-refractivity contribution in [2.24, 2.45) is 0 Å². The Morgan fingerprint density at radius 1 is 1.00 bits per heavy atom. The van der Waals surface area contributed by atoms with Crippen molar-refractivity contribution in [3.63, 3.8) is 0 Å². The summed E-state index contributed by atoms with van der Waals surface area (Å²) in [7, 11) is -4.00. The van der Waals surface area contributed by atoms with E-state index in [2.05, 4.69) is 4.72 Å². The number of nitro benzene ring substituents is 1. The van der Waals surface area contributed by atoms with E-state index < -0.39 is 20.6 Å². The molecule has 0 spiro atoms. The van der Waals surface area contributed by atoms with Crippen molar-refractivity contribution in [1.29, 1.82) is 0 Å². The van der Waals surface area contributed by atoms with Gasteiger partial charge in [-0.25, -0.2) is 8.42 Å². The van der Waals surface area contributed by atoms with Crippen LogP contribution in [-0.4, -0.2) is 13.3 Å². The lowest BCUT2D eigenvalue weighted by molar-refractivity contribution is -0.384. The normalized spacial score (nSPS) is 11.2. The van der Waals surface area contributed by atoms with Crippen molar-refractivity contribution >= 4 is 56.2 Å². The van der Waals surface area contributed by atoms with E-state index in [1.807, 2.05) is 0 Å². The van der Waals surface area contributed by atoms with Crippen LogP contribution < -0.4 is 4.72 Å². The molecule has 0 saturated heterocycles. The molecule has 0 aliphatic heterocycles. The lowest BCUT2D eigenvalue weighted by atomic mass is 10.3. The molecular formula is C12H7Cl3N2O4S. The van der Waals surface area contributed by atoms with E-state index in [9.17, 15) is 18.5 Å². The molecule has 116 valence electrons. The number of rotatable bonds is 4. The molecule has 22 heavy (non-hydrogen) atoms. The van der Waals surface area contributed by atoms with Gasteiger partial charge in [0.2, 0.25) is 0 Å².